The average molecular weight is 219 g/mol. The molecule has 0 aromatic heterocycles. The Kier molecular flexibility index (Phi) is 3.13. The van der Waals surface area contributed by atoms with Crippen molar-refractivity contribution in [1.82, 2.24) is 4.31 Å². The third kappa shape index (κ3) is 2.40. The number of esters is 1. The maximum Gasteiger partial charge on any atom is 0.330 e. The first-order valence-corrected chi connectivity index (χ1v) is 5.22. The van der Waals surface area contributed by atoms with Crippen molar-refractivity contribution in [3.63, 3.8) is 0 Å². The molecule has 1 fully saturated rings. The first kappa shape index (κ1) is 11.8. The smallest absolute Gasteiger partial charge is 0.330 e. The fourth-order valence-corrected chi connectivity index (χ4v) is 1.70. The highest BCUT2D eigenvalue weighted by Gasteiger charge is 2.46. The van der Waals surface area contributed by atoms with Crippen LogP contribution in [0, 0.1) is 0 Å². The third-order valence-corrected chi connectivity index (χ3v) is 2.89. The van der Waals surface area contributed by atoms with Gasteiger partial charge in [0.2, 0.25) is 0 Å². The molecule has 5 heteroatoms. The maximum atomic E-state index is 11.8. The molecule has 1 aliphatic heterocycles. The van der Waals surface area contributed by atoms with Crippen LogP contribution in [-0.4, -0.2) is 35.1 Å². The molecule has 1 saturated heterocycles. The summed E-state index contributed by atoms with van der Waals surface area (Å²) in [7, 11) is 1.82. The molecule has 0 saturated carbocycles. The van der Waals surface area contributed by atoms with Crippen molar-refractivity contribution in [3.8, 4) is 0 Å². The molecule has 0 radical (unpaired) electrons. The lowest BCUT2D eigenvalue weighted by molar-refractivity contribution is -0.165. The third-order valence-electron chi connectivity index (χ3n) is 2.04. The van der Waals surface area contributed by atoms with Crippen LogP contribution >= 0.6 is 12.2 Å². The molecule has 82 valence electrons. The molecular weight excluding hydrogens is 202 g/mol. The van der Waals surface area contributed by atoms with E-state index in [9.17, 15) is 4.79 Å². The molecule has 0 spiro atoms. The van der Waals surface area contributed by atoms with Crippen LogP contribution in [0.1, 0.15) is 27.7 Å². The van der Waals surface area contributed by atoms with E-state index in [1.807, 2.05) is 34.7 Å². The van der Waals surface area contributed by atoms with Crippen molar-refractivity contribution < 1.29 is 13.7 Å². The Labute approximate surface area is 89.3 Å². The van der Waals surface area contributed by atoms with Crippen LogP contribution in [0.2, 0.25) is 0 Å². The Balaban J connectivity index is 2.68. The lowest BCUT2D eigenvalue weighted by atomic mass is 10.0. The van der Waals surface area contributed by atoms with Gasteiger partial charge >= 0.3 is 5.97 Å². The molecule has 1 rings (SSSR count). The van der Waals surface area contributed by atoms with Crippen LogP contribution in [0.25, 0.3) is 0 Å². The van der Waals surface area contributed by atoms with E-state index in [1.54, 1.807) is 4.31 Å². The minimum atomic E-state index is -0.669. The molecule has 14 heavy (non-hydrogen) atoms. The van der Waals surface area contributed by atoms with Crippen molar-refractivity contribution >= 4 is 18.2 Å². The second kappa shape index (κ2) is 3.72. The molecule has 1 atom stereocenters. The zero-order valence-electron chi connectivity index (χ0n) is 9.29. The molecule has 0 aromatic rings. The highest BCUT2D eigenvalue weighted by Crippen LogP contribution is 2.33. The summed E-state index contributed by atoms with van der Waals surface area (Å²) in [5, 5.41) is 0. The molecule has 4 nitrogen and oxygen atoms in total. The standard InChI is InChI=1S/C9H17NO3S/c1-8(2,3)13-7(11)9(4)6-12-14-10(9)5/h6H2,1-5H3. The first-order valence-electron chi connectivity index (χ1n) is 4.52. The van der Waals surface area contributed by atoms with Crippen molar-refractivity contribution in [1.29, 1.82) is 0 Å². The monoisotopic (exact) mass is 219 g/mol. The number of rotatable bonds is 1. The van der Waals surface area contributed by atoms with Crippen LogP contribution in [0.15, 0.2) is 0 Å². The molecule has 0 amide bonds. The second-order valence-corrected chi connectivity index (χ2v) is 5.54. The summed E-state index contributed by atoms with van der Waals surface area (Å²) < 4.78 is 12.2. The van der Waals surface area contributed by atoms with Crippen LogP contribution in [-0.2, 0) is 13.7 Å². The number of carbonyl (C=O) groups excluding carboxylic acids is 1. The van der Waals surface area contributed by atoms with Gasteiger partial charge in [0, 0.05) is 7.05 Å². The SMILES string of the molecule is CN1SOCC1(C)C(=O)OC(C)(C)C. The van der Waals surface area contributed by atoms with Crippen molar-refractivity contribution in [2.45, 2.75) is 38.8 Å². The predicted molar refractivity (Wildman–Crippen MR) is 55.6 cm³/mol. The second-order valence-electron chi connectivity index (χ2n) is 4.61. The quantitative estimate of drug-likeness (QED) is 0.380. The van der Waals surface area contributed by atoms with Gasteiger partial charge in [-0.1, -0.05) is 0 Å². The van der Waals surface area contributed by atoms with Gasteiger partial charge in [-0.3, -0.25) is 4.18 Å². The van der Waals surface area contributed by atoms with Gasteiger partial charge in [0.1, 0.15) is 5.60 Å². The molecule has 0 aliphatic carbocycles. The zero-order chi connectivity index (χ0) is 11.0. The summed E-state index contributed by atoms with van der Waals surface area (Å²) in [5.41, 5.74) is -1.12. The summed E-state index contributed by atoms with van der Waals surface area (Å²) in [6.07, 6.45) is 0. The Morgan fingerprint density at radius 1 is 1.57 bits per heavy atom. The normalized spacial score (nSPS) is 29.2. The number of carbonyl (C=O) groups is 1. The minimum Gasteiger partial charge on any atom is -0.459 e. The van der Waals surface area contributed by atoms with E-state index in [1.165, 1.54) is 12.2 Å². The van der Waals surface area contributed by atoms with Gasteiger partial charge in [-0.15, -0.1) is 0 Å². The Morgan fingerprint density at radius 2 is 2.14 bits per heavy atom. The van der Waals surface area contributed by atoms with Gasteiger partial charge in [-0.05, 0) is 27.7 Å². The highest BCUT2D eigenvalue weighted by atomic mass is 32.2. The number of nitrogens with zero attached hydrogens (tertiary/aromatic N) is 1. The fraction of sp³-hybridized carbons (Fsp3) is 0.889. The van der Waals surface area contributed by atoms with E-state index in [0.717, 1.165) is 0 Å². The van der Waals surface area contributed by atoms with E-state index in [-0.39, 0.29) is 5.97 Å². The highest BCUT2D eigenvalue weighted by molar-refractivity contribution is 7.92. The lowest BCUT2D eigenvalue weighted by Crippen LogP contribution is -2.49. The molecule has 1 aliphatic rings. The summed E-state index contributed by atoms with van der Waals surface area (Å²) in [5.74, 6) is -0.238. The van der Waals surface area contributed by atoms with E-state index in [4.69, 9.17) is 8.92 Å². The summed E-state index contributed by atoms with van der Waals surface area (Å²) >= 11 is 1.19. The zero-order valence-corrected chi connectivity index (χ0v) is 10.1. The van der Waals surface area contributed by atoms with Crippen LogP contribution in [0.3, 0.4) is 0 Å². The first-order chi connectivity index (χ1) is 6.26. The van der Waals surface area contributed by atoms with E-state index in [2.05, 4.69) is 0 Å². The van der Waals surface area contributed by atoms with E-state index >= 15 is 0 Å². The Bertz CT molecular complexity index is 239. The maximum absolute atomic E-state index is 11.8. The Morgan fingerprint density at radius 3 is 2.50 bits per heavy atom. The molecule has 1 unspecified atom stereocenters. The van der Waals surface area contributed by atoms with Crippen molar-refractivity contribution in [2.24, 2.45) is 0 Å². The number of likely N-dealkylation sites (N-methyl/N-ethyl adjacent to an activating group) is 1. The summed E-state index contributed by atoms with van der Waals surface area (Å²) in [6.45, 7) is 7.76. The molecule has 0 N–H and O–H groups in total. The number of hydrogen-bond donors (Lipinski definition) is 0. The van der Waals surface area contributed by atoms with Crippen LogP contribution < -0.4 is 0 Å². The van der Waals surface area contributed by atoms with Crippen molar-refractivity contribution in [3.05, 3.63) is 0 Å². The van der Waals surface area contributed by atoms with Gasteiger partial charge in [-0.2, -0.15) is 0 Å². The number of ether oxygens (including phenoxy) is 1. The Hall–Kier alpha value is -0.260. The fourth-order valence-electron chi connectivity index (χ4n) is 0.969. The largest absolute Gasteiger partial charge is 0.459 e. The van der Waals surface area contributed by atoms with Crippen LogP contribution in [0.4, 0.5) is 0 Å². The van der Waals surface area contributed by atoms with E-state index in [0.29, 0.717) is 6.61 Å². The predicted octanol–water partition coefficient (Wildman–Crippen LogP) is 1.61. The summed E-state index contributed by atoms with van der Waals surface area (Å²) in [6, 6.07) is 0. The minimum absolute atomic E-state index is 0.238. The van der Waals surface area contributed by atoms with Crippen LogP contribution in [0.5, 0.6) is 0 Å². The molecule has 0 bridgehead atoms. The molecule has 0 aromatic carbocycles. The van der Waals surface area contributed by atoms with E-state index < -0.39 is 11.1 Å². The van der Waals surface area contributed by atoms with Gasteiger partial charge in [0.25, 0.3) is 0 Å². The van der Waals surface area contributed by atoms with Gasteiger partial charge < -0.3 is 4.74 Å². The topological polar surface area (TPSA) is 38.8 Å². The van der Waals surface area contributed by atoms with Gasteiger partial charge in [-0.25, -0.2) is 9.10 Å². The average Bonchev–Trinajstić information content (AvgIpc) is 2.30. The van der Waals surface area contributed by atoms with Gasteiger partial charge in [0.05, 0.1) is 18.8 Å². The number of hydrogen-bond acceptors (Lipinski definition) is 5. The van der Waals surface area contributed by atoms with Crippen molar-refractivity contribution in [2.75, 3.05) is 13.7 Å². The lowest BCUT2D eigenvalue weighted by Gasteiger charge is -2.30. The summed E-state index contributed by atoms with van der Waals surface area (Å²) in [4.78, 5) is 11.8. The molecule has 1 heterocycles. The van der Waals surface area contributed by atoms with Gasteiger partial charge in [0.15, 0.2) is 5.54 Å². The molecular formula is C9H17NO3S.